The molecule has 0 bridgehead atoms. The summed E-state index contributed by atoms with van der Waals surface area (Å²) >= 11 is 0. The molecule has 0 saturated carbocycles. The SMILES string of the molecule is Cc1cc(COc2ccc(S(=O)(=O)C[C@H]3NCCC[C@@H]3C(=O)NO)cc2)c2ccccc2n1. The number of aromatic nitrogens is 1. The molecule has 0 spiro atoms. The number of rotatable bonds is 7. The molecule has 1 amide bonds. The number of nitrogens with one attached hydrogen (secondary N) is 2. The van der Waals surface area contributed by atoms with Crippen molar-refractivity contribution in [2.45, 2.75) is 37.3 Å². The molecule has 1 aliphatic rings. The third kappa shape index (κ3) is 5.32. The summed E-state index contributed by atoms with van der Waals surface area (Å²) in [6.45, 7) is 2.90. The first-order valence-electron chi connectivity index (χ1n) is 10.9. The van der Waals surface area contributed by atoms with Gasteiger partial charge in [-0.25, -0.2) is 13.9 Å². The van der Waals surface area contributed by atoms with Gasteiger partial charge in [-0.2, -0.15) is 0 Å². The number of hydrogen-bond acceptors (Lipinski definition) is 7. The Kier molecular flexibility index (Phi) is 6.92. The van der Waals surface area contributed by atoms with E-state index in [1.165, 1.54) is 12.1 Å². The molecular weight excluding hydrogens is 442 g/mol. The normalized spacial score (nSPS) is 18.7. The Morgan fingerprint density at radius 1 is 1.21 bits per heavy atom. The molecule has 1 aromatic heterocycles. The Balaban J connectivity index is 1.45. The molecule has 0 aliphatic carbocycles. The van der Waals surface area contributed by atoms with E-state index >= 15 is 0 Å². The molecule has 9 heteroatoms. The van der Waals surface area contributed by atoms with Crippen molar-refractivity contribution in [1.29, 1.82) is 0 Å². The van der Waals surface area contributed by atoms with Crippen LogP contribution in [0.3, 0.4) is 0 Å². The fourth-order valence-electron chi connectivity index (χ4n) is 4.28. The number of sulfone groups is 1. The van der Waals surface area contributed by atoms with E-state index in [4.69, 9.17) is 9.94 Å². The lowest BCUT2D eigenvalue weighted by atomic mass is 9.91. The van der Waals surface area contributed by atoms with Crippen LogP contribution >= 0.6 is 0 Å². The van der Waals surface area contributed by atoms with Crippen LogP contribution in [0.15, 0.2) is 59.5 Å². The second-order valence-corrected chi connectivity index (χ2v) is 10.3. The molecule has 3 N–H and O–H groups in total. The van der Waals surface area contributed by atoms with Crippen molar-refractivity contribution in [3.63, 3.8) is 0 Å². The van der Waals surface area contributed by atoms with Gasteiger partial charge in [0.1, 0.15) is 12.4 Å². The zero-order valence-electron chi connectivity index (χ0n) is 18.3. The van der Waals surface area contributed by atoms with Crippen LogP contribution in [0.2, 0.25) is 0 Å². The molecule has 174 valence electrons. The van der Waals surface area contributed by atoms with E-state index in [9.17, 15) is 13.2 Å². The highest BCUT2D eigenvalue weighted by Crippen LogP contribution is 2.24. The van der Waals surface area contributed by atoms with Crippen LogP contribution in [-0.2, 0) is 21.2 Å². The van der Waals surface area contributed by atoms with Gasteiger partial charge in [-0.15, -0.1) is 0 Å². The lowest BCUT2D eigenvalue weighted by Gasteiger charge is -2.30. The summed E-state index contributed by atoms with van der Waals surface area (Å²) in [7, 11) is -3.64. The Morgan fingerprint density at radius 3 is 2.73 bits per heavy atom. The van der Waals surface area contributed by atoms with Gasteiger partial charge in [0.15, 0.2) is 9.84 Å². The van der Waals surface area contributed by atoms with Crippen molar-refractivity contribution in [2.75, 3.05) is 12.3 Å². The number of hydrogen-bond donors (Lipinski definition) is 3. The van der Waals surface area contributed by atoms with Gasteiger partial charge >= 0.3 is 0 Å². The smallest absolute Gasteiger partial charge is 0.248 e. The molecule has 8 nitrogen and oxygen atoms in total. The Bertz CT molecular complexity index is 1240. The van der Waals surface area contributed by atoms with Crippen LogP contribution in [0.25, 0.3) is 10.9 Å². The fourth-order valence-corrected chi connectivity index (χ4v) is 5.84. The first-order valence-corrected chi connectivity index (χ1v) is 12.5. The van der Waals surface area contributed by atoms with Crippen molar-refractivity contribution >= 4 is 26.6 Å². The maximum absolute atomic E-state index is 12.9. The molecule has 2 heterocycles. The van der Waals surface area contributed by atoms with E-state index < -0.39 is 27.7 Å². The third-order valence-corrected chi connectivity index (χ3v) is 7.73. The second kappa shape index (κ2) is 9.86. The standard InChI is InChI=1S/C24H27N3O5S/c1-16-13-17(20-5-2-3-7-22(20)26-16)14-32-18-8-10-19(11-9-18)33(30,31)15-23-21(24(28)27-29)6-4-12-25-23/h2-3,5,7-11,13,21,23,25,29H,4,6,12,14-15H2,1H3,(H,27,28)/t21-,23+/m0/s1. The fraction of sp³-hybridized carbons (Fsp3) is 0.333. The van der Waals surface area contributed by atoms with Crippen LogP contribution in [0.5, 0.6) is 5.75 Å². The number of carbonyl (C=O) groups excluding carboxylic acids is 1. The molecule has 1 saturated heterocycles. The van der Waals surface area contributed by atoms with E-state index in [-0.39, 0.29) is 10.6 Å². The van der Waals surface area contributed by atoms with Crippen LogP contribution < -0.4 is 15.5 Å². The highest BCUT2D eigenvalue weighted by atomic mass is 32.2. The molecule has 33 heavy (non-hydrogen) atoms. The summed E-state index contributed by atoms with van der Waals surface area (Å²) in [6, 6.07) is 15.6. The number of aryl methyl sites for hydroxylation is 1. The van der Waals surface area contributed by atoms with Crippen molar-refractivity contribution in [3.8, 4) is 5.75 Å². The van der Waals surface area contributed by atoms with E-state index in [1.54, 1.807) is 17.6 Å². The van der Waals surface area contributed by atoms with Gasteiger partial charge in [-0.1, -0.05) is 18.2 Å². The minimum absolute atomic E-state index is 0.163. The first kappa shape index (κ1) is 23.2. The molecule has 0 radical (unpaired) electrons. The molecule has 2 aromatic carbocycles. The number of fused-ring (bicyclic) bond motifs is 1. The Labute approximate surface area is 192 Å². The number of carbonyl (C=O) groups is 1. The molecular formula is C24H27N3O5S. The number of pyridine rings is 1. The van der Waals surface area contributed by atoms with Gasteiger partial charge in [-0.3, -0.25) is 15.0 Å². The number of benzene rings is 2. The van der Waals surface area contributed by atoms with Gasteiger partial charge in [0.25, 0.3) is 0 Å². The summed E-state index contributed by atoms with van der Waals surface area (Å²) < 4.78 is 31.8. The zero-order chi connectivity index (χ0) is 23.4. The number of nitrogens with zero attached hydrogens (tertiary/aromatic N) is 1. The molecule has 2 atom stereocenters. The highest BCUT2D eigenvalue weighted by molar-refractivity contribution is 7.91. The summed E-state index contributed by atoms with van der Waals surface area (Å²) in [5.74, 6) is -0.835. The maximum Gasteiger partial charge on any atom is 0.248 e. The summed E-state index contributed by atoms with van der Waals surface area (Å²) in [5.41, 5.74) is 4.46. The predicted molar refractivity (Wildman–Crippen MR) is 124 cm³/mol. The summed E-state index contributed by atoms with van der Waals surface area (Å²) in [4.78, 5) is 16.6. The summed E-state index contributed by atoms with van der Waals surface area (Å²) in [6.07, 6.45) is 1.27. The monoisotopic (exact) mass is 469 g/mol. The Morgan fingerprint density at radius 2 is 1.97 bits per heavy atom. The van der Waals surface area contributed by atoms with Gasteiger partial charge < -0.3 is 10.1 Å². The van der Waals surface area contributed by atoms with E-state index in [1.807, 2.05) is 37.3 Å². The van der Waals surface area contributed by atoms with Gasteiger partial charge in [0.05, 0.1) is 22.1 Å². The van der Waals surface area contributed by atoms with Crippen molar-refractivity contribution in [2.24, 2.45) is 5.92 Å². The minimum atomic E-state index is -3.64. The topological polar surface area (TPSA) is 118 Å². The predicted octanol–water partition coefficient (Wildman–Crippen LogP) is 2.77. The average Bonchev–Trinajstić information content (AvgIpc) is 2.82. The quantitative estimate of drug-likeness (QED) is 0.360. The van der Waals surface area contributed by atoms with Crippen LogP contribution in [0, 0.1) is 12.8 Å². The van der Waals surface area contributed by atoms with Crippen LogP contribution in [0.4, 0.5) is 0 Å². The third-order valence-electron chi connectivity index (χ3n) is 5.94. The van der Waals surface area contributed by atoms with Gasteiger partial charge in [0, 0.05) is 22.7 Å². The van der Waals surface area contributed by atoms with Gasteiger partial charge in [0.2, 0.25) is 5.91 Å². The first-order chi connectivity index (χ1) is 15.9. The lowest BCUT2D eigenvalue weighted by molar-refractivity contribution is -0.134. The Hall–Kier alpha value is -3.01. The van der Waals surface area contributed by atoms with Crippen molar-refractivity contribution < 1.29 is 23.2 Å². The minimum Gasteiger partial charge on any atom is -0.489 e. The summed E-state index contributed by atoms with van der Waals surface area (Å²) in [5, 5.41) is 13.1. The average molecular weight is 470 g/mol. The number of ether oxygens (including phenoxy) is 1. The van der Waals surface area contributed by atoms with E-state index in [2.05, 4.69) is 10.3 Å². The molecule has 0 unspecified atom stereocenters. The molecule has 1 fully saturated rings. The molecule has 3 aromatic rings. The van der Waals surface area contributed by atoms with E-state index in [0.29, 0.717) is 25.3 Å². The number of amides is 1. The largest absolute Gasteiger partial charge is 0.489 e. The maximum atomic E-state index is 12.9. The van der Waals surface area contributed by atoms with Crippen molar-refractivity contribution in [1.82, 2.24) is 15.8 Å². The number of hydroxylamine groups is 1. The molecule has 1 aliphatic heterocycles. The second-order valence-electron chi connectivity index (χ2n) is 8.27. The zero-order valence-corrected chi connectivity index (χ0v) is 19.1. The van der Waals surface area contributed by atoms with Crippen LogP contribution in [0.1, 0.15) is 24.1 Å². The van der Waals surface area contributed by atoms with Crippen LogP contribution in [-0.4, -0.2) is 42.9 Å². The lowest BCUT2D eigenvalue weighted by Crippen LogP contribution is -2.51. The van der Waals surface area contributed by atoms with Crippen molar-refractivity contribution in [3.05, 3.63) is 65.9 Å². The highest BCUT2D eigenvalue weighted by Gasteiger charge is 2.34. The molecule has 4 rings (SSSR count). The number of piperidine rings is 1. The number of para-hydroxylation sites is 1. The van der Waals surface area contributed by atoms with E-state index in [0.717, 1.165) is 28.6 Å². The van der Waals surface area contributed by atoms with Gasteiger partial charge in [-0.05, 0) is 62.7 Å².